The number of halogens is 1. The molecule has 1 atom stereocenters. The van der Waals surface area contributed by atoms with Gasteiger partial charge in [-0.1, -0.05) is 0 Å². The van der Waals surface area contributed by atoms with Crippen LogP contribution in [0.1, 0.15) is 37.9 Å². The smallest absolute Gasteiger partial charge is 0.126 e. The van der Waals surface area contributed by atoms with E-state index in [4.69, 9.17) is 10.5 Å². The number of ether oxygens (including phenoxy) is 1. The Morgan fingerprint density at radius 2 is 1.95 bits per heavy atom. The SMILES string of the molecule is COCCN(c1cc(C)c(F)cc1C(C)N)C(C)C. The third kappa shape index (κ3) is 3.91. The van der Waals surface area contributed by atoms with E-state index in [0.717, 1.165) is 17.8 Å². The molecule has 1 unspecified atom stereocenters. The van der Waals surface area contributed by atoms with E-state index in [9.17, 15) is 4.39 Å². The molecule has 0 radical (unpaired) electrons. The Kier molecular flexibility index (Phi) is 5.76. The standard InChI is InChI=1S/C15H25FN2O/c1-10(2)18(6-7-19-5)15-8-11(3)14(16)9-13(15)12(4)17/h8-10,12H,6-7,17H2,1-5H3. The number of hydrogen-bond acceptors (Lipinski definition) is 3. The molecule has 0 aliphatic rings. The van der Waals surface area contributed by atoms with Gasteiger partial charge in [0.2, 0.25) is 0 Å². The second-order valence-electron chi connectivity index (χ2n) is 5.23. The van der Waals surface area contributed by atoms with Crippen LogP contribution in [0.25, 0.3) is 0 Å². The van der Waals surface area contributed by atoms with Crippen LogP contribution < -0.4 is 10.6 Å². The molecule has 1 aromatic rings. The molecular formula is C15H25FN2O. The Morgan fingerprint density at radius 1 is 1.32 bits per heavy atom. The van der Waals surface area contributed by atoms with Crippen LogP contribution in [0, 0.1) is 12.7 Å². The molecule has 0 fully saturated rings. The lowest BCUT2D eigenvalue weighted by atomic mass is 10.0. The van der Waals surface area contributed by atoms with Crippen LogP contribution in [0.2, 0.25) is 0 Å². The predicted molar refractivity (Wildman–Crippen MR) is 78.1 cm³/mol. The average molecular weight is 268 g/mol. The van der Waals surface area contributed by atoms with Crippen LogP contribution in [-0.2, 0) is 4.74 Å². The monoisotopic (exact) mass is 268 g/mol. The third-order valence-corrected chi connectivity index (χ3v) is 3.27. The summed E-state index contributed by atoms with van der Waals surface area (Å²) in [6, 6.07) is 3.53. The van der Waals surface area contributed by atoms with E-state index < -0.39 is 0 Å². The minimum absolute atomic E-state index is 0.200. The zero-order valence-corrected chi connectivity index (χ0v) is 12.5. The highest BCUT2D eigenvalue weighted by Gasteiger charge is 2.18. The maximum absolute atomic E-state index is 13.7. The van der Waals surface area contributed by atoms with E-state index in [-0.39, 0.29) is 11.9 Å². The molecule has 0 heterocycles. The van der Waals surface area contributed by atoms with Gasteiger partial charge in [-0.3, -0.25) is 0 Å². The Morgan fingerprint density at radius 3 is 2.42 bits per heavy atom. The molecule has 0 aliphatic carbocycles. The highest BCUT2D eigenvalue weighted by molar-refractivity contribution is 5.57. The van der Waals surface area contributed by atoms with Crippen LogP contribution >= 0.6 is 0 Å². The highest BCUT2D eigenvalue weighted by atomic mass is 19.1. The van der Waals surface area contributed by atoms with Gasteiger partial charge in [0.05, 0.1) is 6.61 Å². The molecule has 0 aliphatic heterocycles. The van der Waals surface area contributed by atoms with Crippen LogP contribution in [0.5, 0.6) is 0 Å². The van der Waals surface area contributed by atoms with E-state index in [1.54, 1.807) is 20.1 Å². The number of hydrogen-bond donors (Lipinski definition) is 1. The number of anilines is 1. The van der Waals surface area contributed by atoms with Gasteiger partial charge < -0.3 is 15.4 Å². The fourth-order valence-electron chi connectivity index (χ4n) is 2.14. The van der Waals surface area contributed by atoms with Crippen molar-refractivity contribution in [1.29, 1.82) is 0 Å². The lowest BCUT2D eigenvalue weighted by Gasteiger charge is -2.32. The summed E-state index contributed by atoms with van der Waals surface area (Å²) >= 11 is 0. The number of methoxy groups -OCH3 is 1. The topological polar surface area (TPSA) is 38.5 Å². The van der Waals surface area contributed by atoms with E-state index >= 15 is 0 Å². The first-order valence-corrected chi connectivity index (χ1v) is 6.69. The van der Waals surface area contributed by atoms with Gasteiger partial charge >= 0.3 is 0 Å². The van der Waals surface area contributed by atoms with Crippen molar-refractivity contribution >= 4 is 5.69 Å². The summed E-state index contributed by atoms with van der Waals surface area (Å²) in [5, 5.41) is 0. The highest BCUT2D eigenvalue weighted by Crippen LogP contribution is 2.29. The van der Waals surface area contributed by atoms with Crippen molar-refractivity contribution < 1.29 is 9.13 Å². The van der Waals surface area contributed by atoms with Gasteiger partial charge in [0.1, 0.15) is 5.82 Å². The molecule has 1 rings (SSSR count). The summed E-state index contributed by atoms with van der Waals surface area (Å²) in [6.07, 6.45) is 0. The van der Waals surface area contributed by atoms with Crippen molar-refractivity contribution in [2.24, 2.45) is 5.73 Å². The molecule has 1 aromatic carbocycles. The van der Waals surface area contributed by atoms with Crippen molar-refractivity contribution in [3.8, 4) is 0 Å². The zero-order valence-electron chi connectivity index (χ0n) is 12.5. The molecular weight excluding hydrogens is 243 g/mol. The molecule has 0 aromatic heterocycles. The molecule has 108 valence electrons. The molecule has 0 saturated heterocycles. The molecule has 19 heavy (non-hydrogen) atoms. The van der Waals surface area contributed by atoms with Crippen molar-refractivity contribution in [3.63, 3.8) is 0 Å². The van der Waals surface area contributed by atoms with E-state index in [1.807, 2.05) is 13.0 Å². The first kappa shape index (κ1) is 15.9. The molecule has 0 bridgehead atoms. The van der Waals surface area contributed by atoms with Crippen molar-refractivity contribution in [2.45, 2.75) is 39.8 Å². The minimum atomic E-state index is -0.202. The Labute approximate surface area is 115 Å². The van der Waals surface area contributed by atoms with Crippen molar-refractivity contribution in [2.75, 3.05) is 25.2 Å². The van der Waals surface area contributed by atoms with Gasteiger partial charge in [0, 0.05) is 31.4 Å². The van der Waals surface area contributed by atoms with Crippen LogP contribution in [-0.4, -0.2) is 26.3 Å². The molecule has 0 saturated carbocycles. The van der Waals surface area contributed by atoms with Gasteiger partial charge in [0.15, 0.2) is 0 Å². The fraction of sp³-hybridized carbons (Fsp3) is 0.600. The maximum atomic E-state index is 13.7. The number of nitrogens with two attached hydrogens (primary N) is 1. The summed E-state index contributed by atoms with van der Waals surface area (Å²) in [5.41, 5.74) is 8.46. The van der Waals surface area contributed by atoms with Gasteiger partial charge in [0.25, 0.3) is 0 Å². The first-order chi connectivity index (χ1) is 8.88. The maximum Gasteiger partial charge on any atom is 0.126 e. The fourth-order valence-corrected chi connectivity index (χ4v) is 2.14. The quantitative estimate of drug-likeness (QED) is 0.862. The molecule has 2 N–H and O–H groups in total. The normalized spacial score (nSPS) is 12.8. The first-order valence-electron chi connectivity index (χ1n) is 6.69. The molecule has 3 nitrogen and oxygen atoms in total. The average Bonchev–Trinajstić information content (AvgIpc) is 2.32. The number of benzene rings is 1. The number of rotatable bonds is 6. The molecule has 0 spiro atoms. The Hall–Kier alpha value is -1.13. The summed E-state index contributed by atoms with van der Waals surface area (Å²) in [5.74, 6) is -0.202. The predicted octanol–water partition coefficient (Wildman–Crippen LogP) is 3.02. The second kappa shape index (κ2) is 6.87. The zero-order chi connectivity index (χ0) is 14.6. The van der Waals surface area contributed by atoms with Crippen LogP contribution in [0.15, 0.2) is 12.1 Å². The summed E-state index contributed by atoms with van der Waals surface area (Å²) in [7, 11) is 1.68. The molecule has 0 amide bonds. The lowest BCUT2D eigenvalue weighted by Crippen LogP contribution is -2.35. The Balaban J connectivity index is 3.23. The Bertz CT molecular complexity index is 419. The second-order valence-corrected chi connectivity index (χ2v) is 5.23. The van der Waals surface area contributed by atoms with E-state index in [0.29, 0.717) is 18.2 Å². The summed E-state index contributed by atoms with van der Waals surface area (Å²) < 4.78 is 18.9. The van der Waals surface area contributed by atoms with E-state index in [2.05, 4.69) is 18.7 Å². The van der Waals surface area contributed by atoms with Crippen LogP contribution in [0.3, 0.4) is 0 Å². The number of nitrogens with zero attached hydrogens (tertiary/aromatic N) is 1. The van der Waals surface area contributed by atoms with Crippen LogP contribution in [0.4, 0.5) is 10.1 Å². The largest absolute Gasteiger partial charge is 0.383 e. The lowest BCUT2D eigenvalue weighted by molar-refractivity contribution is 0.203. The van der Waals surface area contributed by atoms with E-state index in [1.165, 1.54) is 0 Å². The number of aryl methyl sites for hydroxylation is 1. The summed E-state index contributed by atoms with van der Waals surface area (Å²) in [4.78, 5) is 2.20. The van der Waals surface area contributed by atoms with Gasteiger partial charge in [-0.25, -0.2) is 4.39 Å². The van der Waals surface area contributed by atoms with Gasteiger partial charge in [-0.15, -0.1) is 0 Å². The van der Waals surface area contributed by atoms with Gasteiger partial charge in [-0.05, 0) is 51.0 Å². The van der Waals surface area contributed by atoms with Crippen molar-refractivity contribution in [1.82, 2.24) is 0 Å². The van der Waals surface area contributed by atoms with Crippen molar-refractivity contribution in [3.05, 3.63) is 29.1 Å². The molecule has 4 heteroatoms. The summed E-state index contributed by atoms with van der Waals surface area (Å²) in [6.45, 7) is 9.27. The minimum Gasteiger partial charge on any atom is -0.383 e. The third-order valence-electron chi connectivity index (χ3n) is 3.27. The van der Waals surface area contributed by atoms with Gasteiger partial charge in [-0.2, -0.15) is 0 Å².